The number of amidine groups is 2. The summed E-state index contributed by atoms with van der Waals surface area (Å²) in [6.07, 6.45) is 8.49. The van der Waals surface area contributed by atoms with Gasteiger partial charge in [0.2, 0.25) is 0 Å². The van der Waals surface area contributed by atoms with Crippen LogP contribution in [-0.2, 0) is 0 Å². The lowest BCUT2D eigenvalue weighted by molar-refractivity contribution is 0.744. The Bertz CT molecular complexity index is 1710. The van der Waals surface area contributed by atoms with Crippen molar-refractivity contribution in [1.82, 2.24) is 5.32 Å². The van der Waals surface area contributed by atoms with Crippen molar-refractivity contribution in [3.63, 3.8) is 0 Å². The fraction of sp³-hybridized carbons (Fsp3) is 0.0882. The van der Waals surface area contributed by atoms with Crippen molar-refractivity contribution in [2.45, 2.75) is 18.1 Å². The molecule has 0 bridgehead atoms. The second-order valence-electron chi connectivity index (χ2n) is 9.82. The molecule has 0 radical (unpaired) electrons. The predicted molar refractivity (Wildman–Crippen MR) is 156 cm³/mol. The first-order valence-corrected chi connectivity index (χ1v) is 13.1. The number of hydrogen-bond acceptors (Lipinski definition) is 5. The molecule has 4 aromatic rings. The second kappa shape index (κ2) is 9.59. The summed E-state index contributed by atoms with van der Waals surface area (Å²) in [6, 6.07) is 37.3. The van der Waals surface area contributed by atoms with Crippen LogP contribution in [0.3, 0.4) is 0 Å². The van der Waals surface area contributed by atoms with Gasteiger partial charge < -0.3 is 10.2 Å². The minimum atomic E-state index is -0.381. The van der Waals surface area contributed by atoms with Crippen LogP contribution in [0.2, 0.25) is 0 Å². The summed E-state index contributed by atoms with van der Waals surface area (Å²) in [5.74, 6) is 1.80. The zero-order valence-corrected chi connectivity index (χ0v) is 21.1. The average molecular weight is 504 g/mol. The summed E-state index contributed by atoms with van der Waals surface area (Å²) in [6.45, 7) is 0. The van der Waals surface area contributed by atoms with E-state index >= 15 is 0 Å². The van der Waals surface area contributed by atoms with Gasteiger partial charge in [0, 0.05) is 28.4 Å². The number of nitrogens with one attached hydrogen (secondary N) is 1. The molecular weight excluding hydrogens is 478 g/mol. The van der Waals surface area contributed by atoms with Crippen LogP contribution in [0.25, 0.3) is 0 Å². The molecule has 186 valence electrons. The molecule has 3 aliphatic rings. The van der Waals surface area contributed by atoms with Crippen LogP contribution in [0.1, 0.15) is 39.9 Å². The number of fused-ring (bicyclic) bond motifs is 3. The average Bonchev–Trinajstić information content (AvgIpc) is 3.36. The zero-order chi connectivity index (χ0) is 26.2. The van der Waals surface area contributed by atoms with Crippen LogP contribution in [0.4, 0.5) is 11.4 Å². The first kappa shape index (κ1) is 22.9. The number of aliphatic imine (C=N–C) groups is 2. The Morgan fingerprint density at radius 3 is 2.28 bits per heavy atom. The van der Waals surface area contributed by atoms with E-state index in [1.165, 1.54) is 11.3 Å². The van der Waals surface area contributed by atoms with E-state index in [0.29, 0.717) is 17.3 Å². The van der Waals surface area contributed by atoms with Gasteiger partial charge in [-0.15, -0.1) is 0 Å². The summed E-state index contributed by atoms with van der Waals surface area (Å²) >= 11 is 0. The van der Waals surface area contributed by atoms with E-state index in [1.807, 2.05) is 48.5 Å². The topological polar surface area (TPSA) is 63.8 Å². The standard InChI is InChI=1S/C34H25N5/c35-22-23-9-8-12-26(21-23)34-37-32(24-10-2-1-3-11-24)36-33(38-34)25-17-19-27(20-18-25)39-30-15-6-4-13-28(30)29-14-5-7-16-31(29)39/h1-21,28,30,32H,(H,36,37,38). The summed E-state index contributed by atoms with van der Waals surface area (Å²) in [5, 5.41) is 12.9. The highest BCUT2D eigenvalue weighted by Gasteiger charge is 2.37. The maximum Gasteiger partial charge on any atom is 0.169 e. The molecule has 4 aromatic carbocycles. The third kappa shape index (κ3) is 4.13. The van der Waals surface area contributed by atoms with Gasteiger partial charge in [0.05, 0.1) is 17.7 Å². The molecule has 0 spiro atoms. The Morgan fingerprint density at radius 1 is 0.718 bits per heavy atom. The number of nitriles is 1. The van der Waals surface area contributed by atoms with Gasteiger partial charge in [-0.2, -0.15) is 5.26 Å². The van der Waals surface area contributed by atoms with Crippen LogP contribution in [0, 0.1) is 11.3 Å². The number of para-hydroxylation sites is 1. The monoisotopic (exact) mass is 503 g/mol. The summed E-state index contributed by atoms with van der Waals surface area (Å²) in [4.78, 5) is 12.3. The first-order valence-electron chi connectivity index (χ1n) is 13.1. The first-order chi connectivity index (χ1) is 19.3. The summed E-state index contributed by atoms with van der Waals surface area (Å²) in [7, 11) is 0. The maximum atomic E-state index is 9.42. The molecule has 0 fully saturated rings. The molecule has 7 rings (SSSR count). The van der Waals surface area contributed by atoms with Crippen molar-refractivity contribution in [1.29, 1.82) is 5.26 Å². The summed E-state index contributed by atoms with van der Waals surface area (Å²) in [5.41, 5.74) is 7.20. The Hall–Kier alpha value is -5.21. The molecule has 0 aromatic heterocycles. The van der Waals surface area contributed by atoms with Crippen molar-refractivity contribution >= 4 is 23.0 Å². The van der Waals surface area contributed by atoms with E-state index in [0.717, 1.165) is 28.2 Å². The van der Waals surface area contributed by atoms with Crippen LogP contribution in [-0.4, -0.2) is 17.7 Å². The molecule has 3 atom stereocenters. The number of benzene rings is 4. The molecular formula is C34H25N5. The van der Waals surface area contributed by atoms with Gasteiger partial charge in [0.1, 0.15) is 11.7 Å². The number of hydrogen-bond donors (Lipinski definition) is 1. The third-order valence-corrected chi connectivity index (χ3v) is 7.48. The van der Waals surface area contributed by atoms with Gasteiger partial charge >= 0.3 is 0 Å². The minimum absolute atomic E-state index is 0.261. The van der Waals surface area contributed by atoms with Gasteiger partial charge in [0.15, 0.2) is 6.17 Å². The quantitative estimate of drug-likeness (QED) is 0.334. The van der Waals surface area contributed by atoms with E-state index in [-0.39, 0.29) is 12.2 Å². The Kier molecular flexibility index (Phi) is 5.64. The highest BCUT2D eigenvalue weighted by molar-refractivity contribution is 6.16. The summed E-state index contributed by atoms with van der Waals surface area (Å²) < 4.78 is 0. The van der Waals surface area contributed by atoms with Crippen LogP contribution >= 0.6 is 0 Å². The normalized spacial score (nSPS) is 20.8. The van der Waals surface area contributed by atoms with Gasteiger partial charge in [-0.25, -0.2) is 9.98 Å². The third-order valence-electron chi connectivity index (χ3n) is 7.48. The smallest absolute Gasteiger partial charge is 0.169 e. The van der Waals surface area contributed by atoms with E-state index in [4.69, 9.17) is 9.98 Å². The lowest BCUT2D eigenvalue weighted by Crippen LogP contribution is -2.36. The van der Waals surface area contributed by atoms with E-state index in [1.54, 1.807) is 6.07 Å². The lowest BCUT2D eigenvalue weighted by Gasteiger charge is -2.29. The predicted octanol–water partition coefficient (Wildman–Crippen LogP) is 6.78. The second-order valence-corrected chi connectivity index (χ2v) is 9.82. The van der Waals surface area contributed by atoms with Crippen molar-refractivity contribution in [2.24, 2.45) is 9.98 Å². The highest BCUT2D eigenvalue weighted by atomic mass is 15.2. The number of rotatable bonds is 4. The SMILES string of the molecule is N#Cc1cccc(C2=NC(c3ccccc3)N=C(c3ccc(N4c5ccccc5C5C=CC=CC54)cc3)N2)c1. The Morgan fingerprint density at radius 2 is 1.46 bits per heavy atom. The fourth-order valence-electron chi connectivity index (χ4n) is 5.62. The lowest BCUT2D eigenvalue weighted by atomic mass is 9.91. The molecule has 5 nitrogen and oxygen atoms in total. The molecule has 39 heavy (non-hydrogen) atoms. The molecule has 0 saturated heterocycles. The van der Waals surface area contributed by atoms with Gasteiger partial charge in [-0.05, 0) is 53.6 Å². The van der Waals surface area contributed by atoms with Crippen molar-refractivity contribution in [3.8, 4) is 6.07 Å². The largest absolute Gasteiger partial charge is 0.333 e. The molecule has 1 aliphatic carbocycles. The van der Waals surface area contributed by atoms with Crippen LogP contribution in [0.15, 0.2) is 137 Å². The van der Waals surface area contributed by atoms with E-state index < -0.39 is 0 Å². The molecule has 0 amide bonds. The number of allylic oxidation sites excluding steroid dienone is 2. The van der Waals surface area contributed by atoms with Crippen molar-refractivity contribution in [3.05, 3.63) is 155 Å². The zero-order valence-electron chi connectivity index (χ0n) is 21.1. The number of anilines is 2. The van der Waals surface area contributed by atoms with Crippen molar-refractivity contribution < 1.29 is 0 Å². The van der Waals surface area contributed by atoms with Crippen molar-refractivity contribution in [2.75, 3.05) is 4.90 Å². The molecule has 1 N–H and O–H groups in total. The highest BCUT2D eigenvalue weighted by Crippen LogP contribution is 2.47. The maximum absolute atomic E-state index is 9.42. The van der Waals surface area contributed by atoms with Gasteiger partial charge in [-0.1, -0.05) is 85.0 Å². The van der Waals surface area contributed by atoms with Gasteiger partial charge in [0.25, 0.3) is 0 Å². The van der Waals surface area contributed by atoms with Gasteiger partial charge in [-0.3, -0.25) is 0 Å². The van der Waals surface area contributed by atoms with E-state index in [2.05, 4.69) is 89.1 Å². The fourth-order valence-corrected chi connectivity index (χ4v) is 5.62. The molecule has 2 heterocycles. The Balaban J connectivity index is 1.24. The minimum Gasteiger partial charge on any atom is -0.333 e. The van der Waals surface area contributed by atoms with Crippen LogP contribution in [0.5, 0.6) is 0 Å². The van der Waals surface area contributed by atoms with E-state index in [9.17, 15) is 5.26 Å². The number of nitrogens with zero attached hydrogens (tertiary/aromatic N) is 4. The molecule has 2 aliphatic heterocycles. The molecule has 5 heteroatoms. The molecule has 0 saturated carbocycles. The Labute approximate surface area is 227 Å². The van der Waals surface area contributed by atoms with Crippen LogP contribution < -0.4 is 10.2 Å². The molecule has 3 unspecified atom stereocenters.